The first kappa shape index (κ1) is 15.9. The molecule has 1 amide bonds. The maximum Gasteiger partial charge on any atom is 0.255 e. The summed E-state index contributed by atoms with van der Waals surface area (Å²) in [6.45, 7) is 5.92. The third-order valence-corrected chi connectivity index (χ3v) is 3.36. The number of nitrogens with one attached hydrogen (secondary N) is 1. The molecule has 0 bridgehead atoms. The van der Waals surface area contributed by atoms with Crippen LogP contribution < -0.4 is 5.32 Å². The number of amides is 1. The molecule has 0 spiro atoms. The summed E-state index contributed by atoms with van der Waals surface area (Å²) >= 11 is 1.44. The van der Waals surface area contributed by atoms with Crippen molar-refractivity contribution in [3.05, 3.63) is 17.1 Å². The molecule has 2 N–H and O–H groups in total. The molecule has 1 rings (SSSR count). The lowest BCUT2D eigenvalue weighted by atomic mass is 10.2. The summed E-state index contributed by atoms with van der Waals surface area (Å²) in [7, 11) is 0. The Labute approximate surface area is 118 Å². The van der Waals surface area contributed by atoms with Crippen LogP contribution in [0.2, 0.25) is 0 Å². The van der Waals surface area contributed by atoms with Crippen LogP contribution in [0.25, 0.3) is 0 Å². The minimum atomic E-state index is -0.330. The Hall–Kier alpha value is -1.14. The van der Waals surface area contributed by atoms with Gasteiger partial charge in [0.25, 0.3) is 5.91 Å². The van der Waals surface area contributed by atoms with Crippen LogP contribution in [0.15, 0.2) is 5.03 Å². The average molecular weight is 283 g/mol. The molecule has 1 unspecified atom stereocenters. The van der Waals surface area contributed by atoms with Crippen LogP contribution in [0.5, 0.6) is 0 Å². The molecule has 19 heavy (non-hydrogen) atoms. The van der Waals surface area contributed by atoms with Gasteiger partial charge in [-0.05, 0) is 39.9 Å². The van der Waals surface area contributed by atoms with Crippen molar-refractivity contribution < 1.29 is 9.90 Å². The summed E-state index contributed by atoms with van der Waals surface area (Å²) in [5, 5.41) is 12.7. The van der Waals surface area contributed by atoms with E-state index in [4.69, 9.17) is 5.11 Å². The highest BCUT2D eigenvalue weighted by Crippen LogP contribution is 2.20. The number of aliphatic hydroxyl groups is 1. The number of aliphatic hydroxyl groups excluding tert-OH is 1. The lowest BCUT2D eigenvalue weighted by Crippen LogP contribution is -2.27. The fourth-order valence-electron chi connectivity index (χ4n) is 1.78. The molecule has 6 heteroatoms. The summed E-state index contributed by atoms with van der Waals surface area (Å²) in [6, 6.07) is 0. The van der Waals surface area contributed by atoms with E-state index in [9.17, 15) is 4.79 Å². The highest BCUT2D eigenvalue weighted by Gasteiger charge is 2.16. The van der Waals surface area contributed by atoms with Gasteiger partial charge in [-0.1, -0.05) is 0 Å². The van der Waals surface area contributed by atoms with E-state index in [2.05, 4.69) is 15.3 Å². The molecule has 0 aliphatic carbocycles. The van der Waals surface area contributed by atoms with Crippen molar-refractivity contribution in [1.82, 2.24) is 15.3 Å². The molecule has 5 nitrogen and oxygen atoms in total. The summed E-state index contributed by atoms with van der Waals surface area (Å²) < 4.78 is 0. The number of hydrogen-bond acceptors (Lipinski definition) is 5. The quantitative estimate of drug-likeness (QED) is 0.472. The lowest BCUT2D eigenvalue weighted by molar-refractivity contribution is 0.0944. The Morgan fingerprint density at radius 3 is 2.68 bits per heavy atom. The number of aryl methyl sites for hydroxylation is 2. The van der Waals surface area contributed by atoms with E-state index in [1.165, 1.54) is 11.8 Å². The molecule has 0 aliphatic rings. The van der Waals surface area contributed by atoms with Crippen molar-refractivity contribution in [2.45, 2.75) is 44.7 Å². The zero-order valence-corrected chi connectivity index (χ0v) is 12.7. The number of thioether (sulfide) groups is 1. The van der Waals surface area contributed by atoms with Crippen LogP contribution in [-0.4, -0.2) is 39.9 Å². The first-order chi connectivity index (χ1) is 8.95. The van der Waals surface area contributed by atoms with Crippen molar-refractivity contribution in [2.24, 2.45) is 0 Å². The Balaban J connectivity index is 2.71. The molecule has 106 valence electrons. The highest BCUT2D eigenvalue weighted by atomic mass is 32.2. The van der Waals surface area contributed by atoms with Gasteiger partial charge in [-0.25, -0.2) is 9.97 Å². The molecule has 1 aromatic rings. The van der Waals surface area contributed by atoms with Crippen molar-refractivity contribution in [3.8, 4) is 0 Å². The average Bonchev–Trinajstić information content (AvgIpc) is 2.33. The molecule has 0 saturated carbocycles. The van der Waals surface area contributed by atoms with Gasteiger partial charge < -0.3 is 10.4 Å². The normalized spacial score (nSPS) is 12.3. The Kier molecular flexibility index (Phi) is 6.24. The van der Waals surface area contributed by atoms with Crippen LogP contribution in [0, 0.1) is 13.8 Å². The van der Waals surface area contributed by atoms with Gasteiger partial charge in [0, 0.05) is 6.54 Å². The van der Waals surface area contributed by atoms with Crippen LogP contribution in [0.3, 0.4) is 0 Å². The van der Waals surface area contributed by atoms with E-state index in [1.54, 1.807) is 6.92 Å². The summed E-state index contributed by atoms with van der Waals surface area (Å²) in [5.74, 6) is 0.528. The number of aromatic nitrogens is 2. The van der Waals surface area contributed by atoms with E-state index < -0.39 is 0 Å². The summed E-state index contributed by atoms with van der Waals surface area (Å²) in [6.07, 6.45) is 3.00. The topological polar surface area (TPSA) is 75.1 Å². The Bertz CT molecular complexity index is 450. The molecule has 1 aromatic heterocycles. The van der Waals surface area contributed by atoms with Gasteiger partial charge in [-0.2, -0.15) is 0 Å². The third kappa shape index (κ3) is 4.80. The van der Waals surface area contributed by atoms with Gasteiger partial charge in [0.1, 0.15) is 10.9 Å². The molecule has 0 saturated heterocycles. The Morgan fingerprint density at radius 1 is 1.42 bits per heavy atom. The summed E-state index contributed by atoms with van der Waals surface area (Å²) in [4.78, 5) is 20.6. The van der Waals surface area contributed by atoms with E-state index >= 15 is 0 Å². The SMILES string of the molecule is CSc1nc(C)nc(C)c1C(=O)NCCCC(C)O. The van der Waals surface area contributed by atoms with Crippen molar-refractivity contribution in [1.29, 1.82) is 0 Å². The van der Waals surface area contributed by atoms with Crippen LogP contribution >= 0.6 is 11.8 Å². The predicted molar refractivity (Wildman–Crippen MR) is 76.5 cm³/mol. The highest BCUT2D eigenvalue weighted by molar-refractivity contribution is 7.98. The molecular formula is C13H21N3O2S. The molecule has 0 fully saturated rings. The lowest BCUT2D eigenvalue weighted by Gasteiger charge is -2.11. The van der Waals surface area contributed by atoms with Crippen molar-refractivity contribution >= 4 is 17.7 Å². The zero-order chi connectivity index (χ0) is 14.4. The summed E-state index contributed by atoms with van der Waals surface area (Å²) in [5.41, 5.74) is 1.25. The fourth-order valence-corrected chi connectivity index (χ4v) is 2.45. The van der Waals surface area contributed by atoms with Gasteiger partial charge >= 0.3 is 0 Å². The van der Waals surface area contributed by atoms with Gasteiger partial charge in [-0.15, -0.1) is 11.8 Å². The standard InChI is InChI=1S/C13H21N3O2S/c1-8(17)6-5-7-14-12(18)11-9(2)15-10(3)16-13(11)19-4/h8,17H,5-7H2,1-4H3,(H,14,18). The predicted octanol–water partition coefficient (Wildman–Crippen LogP) is 1.71. The number of rotatable bonds is 6. The first-order valence-corrected chi connectivity index (χ1v) is 7.53. The van der Waals surface area contributed by atoms with Crippen LogP contribution in [0.4, 0.5) is 0 Å². The maximum absolute atomic E-state index is 12.1. The number of nitrogens with zero attached hydrogens (tertiary/aromatic N) is 2. The van der Waals surface area contributed by atoms with Crippen molar-refractivity contribution in [2.75, 3.05) is 12.8 Å². The van der Waals surface area contributed by atoms with E-state index in [-0.39, 0.29) is 12.0 Å². The van der Waals surface area contributed by atoms with Gasteiger partial charge in [0.05, 0.1) is 17.4 Å². The number of carbonyl (C=O) groups excluding carboxylic acids is 1. The molecule has 0 aliphatic heterocycles. The molecular weight excluding hydrogens is 262 g/mol. The van der Waals surface area contributed by atoms with E-state index in [0.717, 1.165) is 6.42 Å². The third-order valence-electron chi connectivity index (χ3n) is 2.67. The van der Waals surface area contributed by atoms with E-state index in [1.807, 2.05) is 20.1 Å². The number of carbonyl (C=O) groups is 1. The second-order valence-electron chi connectivity index (χ2n) is 4.49. The van der Waals surface area contributed by atoms with Crippen LogP contribution in [0.1, 0.15) is 41.6 Å². The van der Waals surface area contributed by atoms with Crippen LogP contribution in [-0.2, 0) is 0 Å². The molecule has 0 aromatic carbocycles. The largest absolute Gasteiger partial charge is 0.393 e. The van der Waals surface area contributed by atoms with Crippen molar-refractivity contribution in [3.63, 3.8) is 0 Å². The molecule has 1 atom stereocenters. The van der Waals surface area contributed by atoms with E-state index in [0.29, 0.717) is 35.1 Å². The fraction of sp³-hybridized carbons (Fsp3) is 0.615. The second kappa shape index (κ2) is 7.45. The van der Waals surface area contributed by atoms with Gasteiger partial charge in [-0.3, -0.25) is 4.79 Å². The minimum Gasteiger partial charge on any atom is -0.393 e. The number of hydrogen-bond donors (Lipinski definition) is 2. The maximum atomic E-state index is 12.1. The van der Waals surface area contributed by atoms with Gasteiger partial charge in [0.2, 0.25) is 0 Å². The second-order valence-corrected chi connectivity index (χ2v) is 5.28. The smallest absolute Gasteiger partial charge is 0.255 e. The Morgan fingerprint density at radius 2 is 2.11 bits per heavy atom. The molecule has 0 radical (unpaired) electrons. The molecule has 1 heterocycles. The first-order valence-electron chi connectivity index (χ1n) is 6.31. The minimum absolute atomic E-state index is 0.146. The monoisotopic (exact) mass is 283 g/mol. The zero-order valence-electron chi connectivity index (χ0n) is 11.9. The van der Waals surface area contributed by atoms with Gasteiger partial charge in [0.15, 0.2) is 0 Å².